The zero-order valence-corrected chi connectivity index (χ0v) is 19.5. The van der Waals surface area contributed by atoms with Crippen molar-refractivity contribution in [1.82, 2.24) is 15.5 Å². The molecule has 0 saturated carbocycles. The maximum atomic E-state index is 5.98. The van der Waals surface area contributed by atoms with E-state index in [0.29, 0.717) is 30.4 Å². The van der Waals surface area contributed by atoms with E-state index in [9.17, 15) is 0 Å². The summed E-state index contributed by atoms with van der Waals surface area (Å²) in [6, 6.07) is 17.7. The maximum absolute atomic E-state index is 5.98. The Balaban J connectivity index is 1.36. The Bertz CT molecular complexity index is 885. The highest BCUT2D eigenvalue weighted by molar-refractivity contribution is 5.80. The molecule has 172 valence electrons. The monoisotopic (exact) mass is 436 g/mol. The van der Waals surface area contributed by atoms with Crippen molar-refractivity contribution in [3.8, 4) is 17.2 Å². The summed E-state index contributed by atoms with van der Waals surface area (Å²) in [6.07, 6.45) is 6.42. The Kier molecular flexibility index (Phi) is 7.53. The first kappa shape index (κ1) is 22.5. The Labute approximate surface area is 192 Å². The van der Waals surface area contributed by atoms with Crippen molar-refractivity contribution in [2.45, 2.75) is 63.7 Å². The molecule has 2 aliphatic rings. The van der Waals surface area contributed by atoms with Crippen LogP contribution in [0.15, 0.2) is 53.5 Å². The van der Waals surface area contributed by atoms with Crippen molar-refractivity contribution >= 4 is 5.96 Å². The average molecular weight is 437 g/mol. The minimum Gasteiger partial charge on any atom is -0.493 e. The SMILES string of the molecule is CCNC(=NCc1ccc(Oc2ccccc2OC)cc1)NC1CC2CCCC(C1)N2C. The predicted octanol–water partition coefficient (Wildman–Crippen LogP) is 4.56. The fourth-order valence-electron chi connectivity index (χ4n) is 4.91. The number of piperidine rings is 2. The van der Waals surface area contributed by atoms with E-state index in [4.69, 9.17) is 14.5 Å². The van der Waals surface area contributed by atoms with Gasteiger partial charge in [-0.2, -0.15) is 0 Å². The molecular formula is C26H36N4O2. The third kappa shape index (κ3) is 5.54. The van der Waals surface area contributed by atoms with Gasteiger partial charge in [0.2, 0.25) is 0 Å². The molecule has 2 N–H and O–H groups in total. The van der Waals surface area contributed by atoms with Gasteiger partial charge in [-0.25, -0.2) is 4.99 Å². The van der Waals surface area contributed by atoms with Crippen LogP contribution in [0.3, 0.4) is 0 Å². The lowest BCUT2D eigenvalue weighted by Crippen LogP contribution is -2.56. The molecule has 2 atom stereocenters. The molecule has 2 aromatic rings. The largest absolute Gasteiger partial charge is 0.493 e. The predicted molar refractivity (Wildman–Crippen MR) is 130 cm³/mol. The van der Waals surface area contributed by atoms with Crippen LogP contribution in [0.4, 0.5) is 0 Å². The lowest BCUT2D eigenvalue weighted by atomic mass is 9.82. The van der Waals surface area contributed by atoms with Gasteiger partial charge in [-0.05, 0) is 69.5 Å². The molecule has 2 aromatic carbocycles. The smallest absolute Gasteiger partial charge is 0.191 e. The molecule has 0 aliphatic carbocycles. The molecule has 2 aliphatic heterocycles. The molecule has 2 fully saturated rings. The van der Waals surface area contributed by atoms with Crippen LogP contribution in [0.1, 0.15) is 44.6 Å². The van der Waals surface area contributed by atoms with Crippen molar-refractivity contribution in [1.29, 1.82) is 0 Å². The van der Waals surface area contributed by atoms with Gasteiger partial charge in [0.15, 0.2) is 17.5 Å². The van der Waals surface area contributed by atoms with Crippen molar-refractivity contribution in [2.75, 3.05) is 20.7 Å². The van der Waals surface area contributed by atoms with Crippen LogP contribution >= 0.6 is 0 Å². The number of nitrogens with one attached hydrogen (secondary N) is 2. The van der Waals surface area contributed by atoms with Gasteiger partial charge >= 0.3 is 0 Å². The first-order chi connectivity index (χ1) is 15.7. The molecule has 2 unspecified atom stereocenters. The fraction of sp³-hybridized carbons (Fsp3) is 0.500. The van der Waals surface area contributed by atoms with E-state index in [0.717, 1.165) is 29.6 Å². The molecule has 2 heterocycles. The Morgan fingerprint density at radius 3 is 2.38 bits per heavy atom. The molecule has 0 amide bonds. The normalized spacial score (nSPS) is 23.5. The number of hydrogen-bond donors (Lipinski definition) is 2. The topological polar surface area (TPSA) is 58.1 Å². The quantitative estimate of drug-likeness (QED) is 0.492. The van der Waals surface area contributed by atoms with Gasteiger partial charge in [-0.15, -0.1) is 0 Å². The summed E-state index contributed by atoms with van der Waals surface area (Å²) in [5, 5.41) is 7.13. The van der Waals surface area contributed by atoms with Gasteiger partial charge in [0, 0.05) is 24.7 Å². The van der Waals surface area contributed by atoms with E-state index in [-0.39, 0.29) is 0 Å². The van der Waals surface area contributed by atoms with E-state index >= 15 is 0 Å². The van der Waals surface area contributed by atoms with Crippen LogP contribution in [0.2, 0.25) is 0 Å². The average Bonchev–Trinajstić information content (AvgIpc) is 2.79. The Morgan fingerprint density at radius 1 is 1.03 bits per heavy atom. The van der Waals surface area contributed by atoms with Crippen LogP contribution in [-0.4, -0.2) is 49.7 Å². The van der Waals surface area contributed by atoms with Crippen LogP contribution in [0.5, 0.6) is 17.2 Å². The minimum atomic E-state index is 0.496. The van der Waals surface area contributed by atoms with Gasteiger partial charge in [0.25, 0.3) is 0 Å². The number of benzene rings is 2. The molecule has 2 bridgehead atoms. The molecular weight excluding hydrogens is 400 g/mol. The van der Waals surface area contributed by atoms with Crippen molar-refractivity contribution in [3.05, 3.63) is 54.1 Å². The van der Waals surface area contributed by atoms with Crippen molar-refractivity contribution in [3.63, 3.8) is 0 Å². The van der Waals surface area contributed by atoms with E-state index in [1.165, 1.54) is 32.1 Å². The number of aliphatic imine (C=N–C) groups is 1. The second-order valence-corrected chi connectivity index (χ2v) is 8.81. The van der Waals surface area contributed by atoms with Gasteiger partial charge in [-0.3, -0.25) is 0 Å². The Morgan fingerprint density at radius 2 is 1.72 bits per heavy atom. The van der Waals surface area contributed by atoms with Gasteiger partial charge < -0.3 is 25.0 Å². The highest BCUT2D eigenvalue weighted by Crippen LogP contribution is 2.33. The van der Waals surface area contributed by atoms with E-state index in [1.54, 1.807) is 7.11 Å². The fourth-order valence-corrected chi connectivity index (χ4v) is 4.91. The van der Waals surface area contributed by atoms with Crippen molar-refractivity contribution < 1.29 is 9.47 Å². The van der Waals surface area contributed by atoms with Gasteiger partial charge in [0.05, 0.1) is 13.7 Å². The van der Waals surface area contributed by atoms with Crippen LogP contribution in [-0.2, 0) is 6.54 Å². The van der Waals surface area contributed by atoms with Gasteiger partial charge in [0.1, 0.15) is 5.75 Å². The summed E-state index contributed by atoms with van der Waals surface area (Å²) in [5.41, 5.74) is 1.15. The first-order valence-corrected chi connectivity index (χ1v) is 11.8. The summed E-state index contributed by atoms with van der Waals surface area (Å²) in [7, 11) is 3.95. The number of ether oxygens (including phenoxy) is 2. The number of guanidine groups is 1. The molecule has 0 spiro atoms. The molecule has 6 nitrogen and oxygen atoms in total. The molecule has 32 heavy (non-hydrogen) atoms. The van der Waals surface area contributed by atoms with Gasteiger partial charge in [-0.1, -0.05) is 30.7 Å². The Hall–Kier alpha value is -2.73. The van der Waals surface area contributed by atoms with Crippen molar-refractivity contribution in [2.24, 2.45) is 4.99 Å². The van der Waals surface area contributed by atoms with Crippen LogP contribution < -0.4 is 20.1 Å². The molecule has 2 saturated heterocycles. The number of fused-ring (bicyclic) bond motifs is 2. The van der Waals surface area contributed by atoms with E-state index in [2.05, 4.69) is 41.6 Å². The summed E-state index contributed by atoms with van der Waals surface area (Å²) < 4.78 is 11.3. The van der Waals surface area contributed by atoms with E-state index < -0.39 is 0 Å². The molecule has 0 aromatic heterocycles. The summed E-state index contributed by atoms with van der Waals surface area (Å²) in [5.74, 6) is 3.13. The number of para-hydroxylation sites is 2. The highest BCUT2D eigenvalue weighted by atomic mass is 16.5. The third-order valence-corrected chi connectivity index (χ3v) is 6.66. The standard InChI is InChI=1S/C26H36N4O2/c1-4-27-26(29-20-16-21-8-7-9-22(17-20)30(21)2)28-18-19-12-14-23(15-13-19)32-25-11-6-5-10-24(25)31-3/h5-6,10-15,20-22H,4,7-9,16-18H2,1-3H3,(H2,27,28,29). The van der Waals surface area contributed by atoms with Crippen LogP contribution in [0, 0.1) is 0 Å². The molecule has 0 radical (unpaired) electrons. The number of nitrogens with zero attached hydrogens (tertiary/aromatic N) is 2. The lowest BCUT2D eigenvalue weighted by Gasteiger charge is -2.47. The second kappa shape index (κ2) is 10.7. The number of rotatable bonds is 7. The number of hydrogen-bond acceptors (Lipinski definition) is 4. The van der Waals surface area contributed by atoms with Crippen LogP contribution in [0.25, 0.3) is 0 Å². The zero-order chi connectivity index (χ0) is 22.3. The maximum Gasteiger partial charge on any atom is 0.191 e. The molecule has 4 rings (SSSR count). The zero-order valence-electron chi connectivity index (χ0n) is 19.5. The minimum absolute atomic E-state index is 0.496. The highest BCUT2D eigenvalue weighted by Gasteiger charge is 2.36. The second-order valence-electron chi connectivity index (χ2n) is 8.81. The third-order valence-electron chi connectivity index (χ3n) is 6.66. The number of methoxy groups -OCH3 is 1. The lowest BCUT2D eigenvalue weighted by molar-refractivity contribution is 0.0526. The first-order valence-electron chi connectivity index (χ1n) is 11.8. The summed E-state index contributed by atoms with van der Waals surface area (Å²) in [6.45, 7) is 3.60. The molecule has 6 heteroatoms. The van der Waals surface area contributed by atoms with E-state index in [1.807, 2.05) is 36.4 Å². The summed E-state index contributed by atoms with van der Waals surface area (Å²) in [4.78, 5) is 7.45. The summed E-state index contributed by atoms with van der Waals surface area (Å²) >= 11 is 0.